The Labute approximate surface area is 113 Å². The fourth-order valence-electron chi connectivity index (χ4n) is 2.06. The second-order valence-electron chi connectivity index (χ2n) is 4.39. The Morgan fingerprint density at radius 3 is 2.84 bits per heavy atom. The molecule has 0 fully saturated rings. The zero-order valence-electron chi connectivity index (χ0n) is 10.4. The number of nitrogens with zero attached hydrogens (tertiary/aromatic N) is 3. The van der Waals surface area contributed by atoms with Gasteiger partial charge in [0.25, 0.3) is 0 Å². The molecule has 0 unspecified atom stereocenters. The van der Waals surface area contributed by atoms with Crippen LogP contribution in [-0.2, 0) is 0 Å². The van der Waals surface area contributed by atoms with Crippen molar-refractivity contribution in [3.05, 3.63) is 40.5 Å². The summed E-state index contributed by atoms with van der Waals surface area (Å²) in [5.74, 6) is -1.12. The summed E-state index contributed by atoms with van der Waals surface area (Å²) in [5.41, 5.74) is 4.05. The van der Waals surface area contributed by atoms with Crippen LogP contribution < -0.4 is 0 Å². The van der Waals surface area contributed by atoms with Gasteiger partial charge in [-0.25, -0.2) is 4.79 Å². The van der Waals surface area contributed by atoms with Crippen molar-refractivity contribution in [3.63, 3.8) is 0 Å². The molecule has 0 bridgehead atoms. The average molecular weight is 273 g/mol. The van der Waals surface area contributed by atoms with Crippen molar-refractivity contribution < 1.29 is 9.90 Å². The third-order valence-electron chi connectivity index (χ3n) is 3.01. The van der Waals surface area contributed by atoms with E-state index in [-0.39, 0.29) is 5.82 Å². The number of hydrogen-bond acceptors (Lipinski definition) is 4. The Morgan fingerprint density at radius 1 is 1.32 bits per heavy atom. The zero-order chi connectivity index (χ0) is 13.6. The molecular weight excluding hydrogens is 262 g/mol. The number of aromatic carboxylic acids is 1. The van der Waals surface area contributed by atoms with Gasteiger partial charge in [0.05, 0.1) is 5.69 Å². The molecule has 19 heavy (non-hydrogen) atoms. The van der Waals surface area contributed by atoms with Crippen LogP contribution in [0.1, 0.15) is 21.7 Å². The van der Waals surface area contributed by atoms with Gasteiger partial charge in [-0.2, -0.15) is 0 Å². The number of carboxylic acids is 1. The monoisotopic (exact) mass is 273 g/mol. The Balaban J connectivity index is 2.33. The van der Waals surface area contributed by atoms with Gasteiger partial charge in [-0.1, -0.05) is 17.7 Å². The minimum atomic E-state index is -1.07. The maximum atomic E-state index is 11.2. The summed E-state index contributed by atoms with van der Waals surface area (Å²) in [6.07, 6.45) is 0. The molecule has 0 radical (unpaired) electrons. The van der Waals surface area contributed by atoms with Crippen LogP contribution in [0.5, 0.6) is 0 Å². The Morgan fingerprint density at radius 2 is 2.11 bits per heavy atom. The van der Waals surface area contributed by atoms with Crippen LogP contribution in [0.3, 0.4) is 0 Å². The molecule has 2 heterocycles. The number of carbonyl (C=O) groups is 1. The molecule has 0 aliphatic rings. The van der Waals surface area contributed by atoms with E-state index < -0.39 is 5.97 Å². The molecule has 6 heteroatoms. The number of hydrogen-bond donors (Lipinski definition) is 1. The van der Waals surface area contributed by atoms with Crippen LogP contribution in [0.15, 0.2) is 23.6 Å². The van der Waals surface area contributed by atoms with E-state index in [4.69, 9.17) is 5.11 Å². The predicted molar refractivity (Wildman–Crippen MR) is 72.7 cm³/mol. The first-order valence-corrected chi connectivity index (χ1v) is 6.59. The molecule has 0 amide bonds. The molecule has 1 N–H and O–H groups in total. The summed E-state index contributed by atoms with van der Waals surface area (Å²) in [6, 6.07) is 6.11. The zero-order valence-corrected chi connectivity index (χ0v) is 11.2. The number of carboxylic acid groups (broad SMARTS) is 1. The topological polar surface area (TPSA) is 67.5 Å². The first-order valence-electron chi connectivity index (χ1n) is 5.71. The van der Waals surface area contributed by atoms with Crippen molar-refractivity contribution in [3.8, 4) is 11.3 Å². The van der Waals surface area contributed by atoms with Crippen LogP contribution >= 0.6 is 11.3 Å². The molecule has 0 spiro atoms. The number of aryl methyl sites for hydroxylation is 2. The van der Waals surface area contributed by atoms with Gasteiger partial charge in [0.1, 0.15) is 0 Å². The minimum Gasteiger partial charge on any atom is -0.475 e. The van der Waals surface area contributed by atoms with E-state index in [1.165, 1.54) is 11.3 Å². The largest absolute Gasteiger partial charge is 0.475 e. The van der Waals surface area contributed by atoms with Crippen molar-refractivity contribution in [1.29, 1.82) is 0 Å². The molecule has 3 rings (SSSR count). The van der Waals surface area contributed by atoms with Gasteiger partial charge in [-0.15, -0.1) is 21.5 Å². The van der Waals surface area contributed by atoms with Gasteiger partial charge < -0.3 is 5.11 Å². The van der Waals surface area contributed by atoms with Crippen molar-refractivity contribution in [2.45, 2.75) is 13.8 Å². The fourth-order valence-corrected chi connectivity index (χ4v) is 2.89. The third-order valence-corrected chi connectivity index (χ3v) is 3.83. The van der Waals surface area contributed by atoms with Crippen LogP contribution in [0.2, 0.25) is 0 Å². The van der Waals surface area contributed by atoms with E-state index >= 15 is 0 Å². The molecular formula is C13H11N3O2S. The van der Waals surface area contributed by atoms with Crippen molar-refractivity contribution >= 4 is 22.3 Å². The fraction of sp³-hybridized carbons (Fsp3) is 0.154. The summed E-state index contributed by atoms with van der Waals surface area (Å²) in [4.78, 5) is 11.8. The van der Waals surface area contributed by atoms with Crippen LogP contribution in [0, 0.1) is 13.8 Å². The minimum absolute atomic E-state index is 0.0489. The van der Waals surface area contributed by atoms with Gasteiger partial charge in [0, 0.05) is 10.9 Å². The second kappa shape index (κ2) is 4.17. The molecule has 0 saturated heterocycles. The molecule has 0 aliphatic carbocycles. The number of fused-ring (bicyclic) bond motifs is 1. The summed E-state index contributed by atoms with van der Waals surface area (Å²) in [5, 5.41) is 18.7. The highest BCUT2D eigenvalue weighted by Gasteiger charge is 2.19. The molecule has 0 aliphatic heterocycles. The second-order valence-corrected chi connectivity index (χ2v) is 5.22. The quantitative estimate of drug-likeness (QED) is 0.779. The number of rotatable bonds is 2. The summed E-state index contributed by atoms with van der Waals surface area (Å²) in [6.45, 7) is 4.01. The van der Waals surface area contributed by atoms with Gasteiger partial charge in [0.2, 0.25) is 10.8 Å². The standard InChI is InChI=1S/C13H11N3O2S/c1-7-3-4-8(2)9(5-7)10-6-19-13-15-14-11(12(17)18)16(10)13/h3-6H,1-2H3,(H,17,18). The van der Waals surface area contributed by atoms with Gasteiger partial charge in [-0.3, -0.25) is 4.40 Å². The van der Waals surface area contributed by atoms with Crippen molar-refractivity contribution in [2.75, 3.05) is 0 Å². The molecule has 5 nitrogen and oxygen atoms in total. The predicted octanol–water partition coefficient (Wildman–Crippen LogP) is 2.77. The lowest BCUT2D eigenvalue weighted by Gasteiger charge is -2.06. The highest BCUT2D eigenvalue weighted by atomic mass is 32.1. The number of benzene rings is 1. The maximum Gasteiger partial charge on any atom is 0.374 e. The number of aromatic nitrogens is 3. The Bertz CT molecular complexity index is 788. The highest BCUT2D eigenvalue weighted by Crippen LogP contribution is 2.29. The van der Waals surface area contributed by atoms with Crippen LogP contribution in [-0.4, -0.2) is 25.7 Å². The molecule has 0 saturated carbocycles. The molecule has 1 aromatic carbocycles. The molecule has 2 aromatic heterocycles. The van der Waals surface area contributed by atoms with Gasteiger partial charge in [-0.05, 0) is 25.5 Å². The molecule has 0 atom stereocenters. The Hall–Kier alpha value is -2.21. The van der Waals surface area contributed by atoms with E-state index in [1.807, 2.05) is 37.4 Å². The smallest absolute Gasteiger partial charge is 0.374 e. The number of thiazole rings is 1. The maximum absolute atomic E-state index is 11.2. The van der Waals surface area contributed by atoms with E-state index in [0.717, 1.165) is 22.4 Å². The normalized spacial score (nSPS) is 11.1. The van der Waals surface area contributed by atoms with E-state index in [0.29, 0.717) is 4.96 Å². The summed E-state index contributed by atoms with van der Waals surface area (Å²) < 4.78 is 1.59. The first kappa shape index (κ1) is 11.9. The van der Waals surface area contributed by atoms with Crippen molar-refractivity contribution in [2.24, 2.45) is 0 Å². The van der Waals surface area contributed by atoms with Gasteiger partial charge in [0.15, 0.2) is 0 Å². The average Bonchev–Trinajstić information content (AvgIpc) is 2.93. The molecule has 3 aromatic rings. The lowest BCUT2D eigenvalue weighted by atomic mass is 10.0. The Kier molecular flexibility index (Phi) is 2.60. The third kappa shape index (κ3) is 1.80. The summed E-state index contributed by atoms with van der Waals surface area (Å²) in [7, 11) is 0. The van der Waals surface area contributed by atoms with E-state index in [9.17, 15) is 4.79 Å². The summed E-state index contributed by atoms with van der Waals surface area (Å²) >= 11 is 1.39. The lowest BCUT2D eigenvalue weighted by Crippen LogP contribution is -2.04. The van der Waals surface area contributed by atoms with E-state index in [1.54, 1.807) is 4.40 Å². The lowest BCUT2D eigenvalue weighted by molar-refractivity contribution is 0.0682. The molecule has 96 valence electrons. The first-order chi connectivity index (χ1) is 9.08. The SMILES string of the molecule is Cc1ccc(C)c(-c2csc3nnc(C(=O)O)n23)c1. The van der Waals surface area contributed by atoms with E-state index in [2.05, 4.69) is 10.2 Å². The van der Waals surface area contributed by atoms with Gasteiger partial charge >= 0.3 is 5.97 Å². The van der Waals surface area contributed by atoms with Crippen LogP contribution in [0.4, 0.5) is 0 Å². The van der Waals surface area contributed by atoms with Crippen molar-refractivity contribution in [1.82, 2.24) is 14.6 Å². The van der Waals surface area contributed by atoms with Crippen LogP contribution in [0.25, 0.3) is 16.2 Å². The highest BCUT2D eigenvalue weighted by molar-refractivity contribution is 7.15.